The zero-order chi connectivity index (χ0) is 19.8. The lowest BCUT2D eigenvalue weighted by molar-refractivity contribution is -0.0149. The van der Waals surface area contributed by atoms with Gasteiger partial charge in [-0.05, 0) is 55.0 Å². The Morgan fingerprint density at radius 2 is 1.74 bits per heavy atom. The van der Waals surface area contributed by atoms with Gasteiger partial charge in [0.1, 0.15) is 6.10 Å². The van der Waals surface area contributed by atoms with Crippen molar-refractivity contribution in [3.05, 3.63) is 59.2 Å². The topological polar surface area (TPSA) is 61.6 Å². The molecule has 0 bridgehead atoms. The number of hydrogen-bond donors (Lipinski definition) is 1. The number of primary amides is 1. The third-order valence-electron chi connectivity index (χ3n) is 4.97. The molecule has 1 unspecified atom stereocenters. The first-order valence-corrected chi connectivity index (χ1v) is 9.37. The predicted molar refractivity (Wildman–Crippen MR) is 107 cm³/mol. The lowest BCUT2D eigenvalue weighted by atomic mass is 9.87. The number of carbonyl (C=O) groups excluding carboxylic acids is 1. The lowest BCUT2D eigenvalue weighted by Crippen LogP contribution is -2.25. The van der Waals surface area contributed by atoms with Crippen LogP contribution in [-0.4, -0.2) is 11.7 Å². The maximum atomic E-state index is 11.3. The summed E-state index contributed by atoms with van der Waals surface area (Å²) in [5.41, 5.74) is 10.7. The van der Waals surface area contributed by atoms with E-state index in [2.05, 4.69) is 77.1 Å². The molecule has 1 amide bonds. The minimum absolute atomic E-state index is 0.144. The standard InChI is InChI=1S/C23H29NO3/c1-22(2,3)26-14-15-6-8-16(9-7-15)17-10-11-19-18(12-17)13-23(4,5)20(19)27-21(24)25/h6-12,20H,13-14H2,1-5H3,(H2,24,25). The van der Waals surface area contributed by atoms with Gasteiger partial charge in [0.25, 0.3) is 0 Å². The van der Waals surface area contributed by atoms with Gasteiger partial charge < -0.3 is 15.2 Å². The molecule has 4 nitrogen and oxygen atoms in total. The Kier molecular flexibility index (Phi) is 5.04. The van der Waals surface area contributed by atoms with Gasteiger partial charge >= 0.3 is 6.09 Å². The first-order chi connectivity index (χ1) is 12.5. The molecule has 2 aromatic carbocycles. The first-order valence-electron chi connectivity index (χ1n) is 9.37. The average Bonchev–Trinajstić information content (AvgIpc) is 2.82. The van der Waals surface area contributed by atoms with E-state index in [0.717, 1.165) is 28.7 Å². The van der Waals surface area contributed by atoms with Gasteiger partial charge in [-0.15, -0.1) is 0 Å². The summed E-state index contributed by atoms with van der Waals surface area (Å²) in [6.45, 7) is 11.0. The lowest BCUT2D eigenvalue weighted by Gasteiger charge is -2.26. The molecule has 0 aliphatic heterocycles. The van der Waals surface area contributed by atoms with E-state index in [9.17, 15) is 4.79 Å². The van der Waals surface area contributed by atoms with Crippen LogP contribution >= 0.6 is 0 Å². The highest BCUT2D eigenvalue weighted by Gasteiger charge is 2.41. The van der Waals surface area contributed by atoms with Crippen LogP contribution in [-0.2, 0) is 22.5 Å². The molecule has 0 radical (unpaired) electrons. The number of fused-ring (bicyclic) bond motifs is 1. The van der Waals surface area contributed by atoms with Crippen molar-refractivity contribution in [2.75, 3.05) is 0 Å². The molecule has 2 aromatic rings. The fourth-order valence-electron chi connectivity index (χ4n) is 3.63. The summed E-state index contributed by atoms with van der Waals surface area (Å²) in [7, 11) is 0. The number of ether oxygens (including phenoxy) is 2. The zero-order valence-corrected chi connectivity index (χ0v) is 16.8. The van der Waals surface area contributed by atoms with Crippen LogP contribution in [0.5, 0.6) is 0 Å². The predicted octanol–water partition coefficient (Wildman–Crippen LogP) is 5.39. The molecule has 0 fully saturated rings. The summed E-state index contributed by atoms with van der Waals surface area (Å²) >= 11 is 0. The van der Waals surface area contributed by atoms with Crippen LogP contribution in [0.4, 0.5) is 4.79 Å². The highest BCUT2D eigenvalue weighted by Crippen LogP contribution is 2.48. The van der Waals surface area contributed by atoms with Crippen molar-refractivity contribution in [3.63, 3.8) is 0 Å². The van der Waals surface area contributed by atoms with E-state index in [4.69, 9.17) is 15.2 Å². The van der Waals surface area contributed by atoms with Gasteiger partial charge in [0.15, 0.2) is 0 Å². The highest BCUT2D eigenvalue weighted by molar-refractivity contribution is 5.68. The maximum absolute atomic E-state index is 11.3. The molecule has 0 aromatic heterocycles. The number of hydrogen-bond acceptors (Lipinski definition) is 3. The Morgan fingerprint density at radius 1 is 1.11 bits per heavy atom. The molecule has 1 atom stereocenters. The molecule has 4 heteroatoms. The molecule has 0 saturated heterocycles. The van der Waals surface area contributed by atoms with Crippen molar-refractivity contribution in [2.24, 2.45) is 11.1 Å². The third-order valence-corrected chi connectivity index (χ3v) is 4.97. The molecule has 0 spiro atoms. The largest absolute Gasteiger partial charge is 0.441 e. The summed E-state index contributed by atoms with van der Waals surface area (Å²) in [6, 6.07) is 14.8. The van der Waals surface area contributed by atoms with Crippen molar-refractivity contribution in [1.29, 1.82) is 0 Å². The van der Waals surface area contributed by atoms with E-state index in [-0.39, 0.29) is 17.1 Å². The van der Waals surface area contributed by atoms with Gasteiger partial charge in [-0.1, -0.05) is 56.3 Å². The zero-order valence-electron chi connectivity index (χ0n) is 16.8. The third kappa shape index (κ3) is 4.51. The van der Waals surface area contributed by atoms with E-state index in [1.807, 2.05) is 0 Å². The van der Waals surface area contributed by atoms with Gasteiger partial charge in [-0.25, -0.2) is 4.79 Å². The summed E-state index contributed by atoms with van der Waals surface area (Å²) in [6.07, 6.45) is -0.167. The molecule has 3 rings (SSSR count). The van der Waals surface area contributed by atoms with Crippen LogP contribution in [0.2, 0.25) is 0 Å². The normalized spacial score (nSPS) is 18.2. The van der Waals surface area contributed by atoms with Crippen LogP contribution < -0.4 is 5.73 Å². The molecule has 2 N–H and O–H groups in total. The van der Waals surface area contributed by atoms with Crippen molar-refractivity contribution in [2.45, 2.75) is 59.4 Å². The van der Waals surface area contributed by atoms with Crippen LogP contribution in [0.25, 0.3) is 11.1 Å². The van der Waals surface area contributed by atoms with Gasteiger partial charge in [0.2, 0.25) is 0 Å². The Morgan fingerprint density at radius 3 is 2.33 bits per heavy atom. The van der Waals surface area contributed by atoms with Gasteiger partial charge in [0, 0.05) is 5.41 Å². The average molecular weight is 367 g/mol. The Bertz CT molecular complexity index is 832. The Labute approximate surface area is 161 Å². The molecule has 0 heterocycles. The minimum Gasteiger partial charge on any atom is -0.441 e. The SMILES string of the molecule is CC(C)(C)OCc1ccc(-c2ccc3c(c2)CC(C)(C)C3OC(N)=O)cc1. The van der Waals surface area contributed by atoms with Crippen LogP contribution in [0.1, 0.15) is 57.4 Å². The quantitative estimate of drug-likeness (QED) is 0.788. The molecule has 1 aliphatic rings. The van der Waals surface area contributed by atoms with E-state index < -0.39 is 6.09 Å². The number of nitrogens with two attached hydrogens (primary N) is 1. The minimum atomic E-state index is -0.724. The van der Waals surface area contributed by atoms with E-state index in [0.29, 0.717) is 6.61 Å². The van der Waals surface area contributed by atoms with Crippen molar-refractivity contribution in [3.8, 4) is 11.1 Å². The fourth-order valence-corrected chi connectivity index (χ4v) is 3.63. The van der Waals surface area contributed by atoms with E-state index in [1.165, 1.54) is 5.56 Å². The molecular weight excluding hydrogens is 338 g/mol. The number of amides is 1. The Hall–Kier alpha value is -2.33. The van der Waals surface area contributed by atoms with E-state index >= 15 is 0 Å². The van der Waals surface area contributed by atoms with Gasteiger partial charge in [-0.2, -0.15) is 0 Å². The summed E-state index contributed by atoms with van der Waals surface area (Å²) in [5.74, 6) is 0. The smallest absolute Gasteiger partial charge is 0.405 e. The molecule has 1 aliphatic carbocycles. The first kappa shape index (κ1) is 19.4. The number of benzene rings is 2. The van der Waals surface area contributed by atoms with Crippen LogP contribution in [0.15, 0.2) is 42.5 Å². The number of carbonyl (C=O) groups is 1. The molecular formula is C23H29NO3. The van der Waals surface area contributed by atoms with Crippen LogP contribution in [0, 0.1) is 5.41 Å². The molecule has 0 saturated carbocycles. The number of rotatable bonds is 4. The summed E-state index contributed by atoms with van der Waals surface area (Å²) in [4.78, 5) is 11.3. The summed E-state index contributed by atoms with van der Waals surface area (Å²) < 4.78 is 11.2. The second-order valence-corrected chi connectivity index (χ2v) is 8.99. The van der Waals surface area contributed by atoms with Crippen molar-refractivity contribution >= 4 is 6.09 Å². The molecule has 144 valence electrons. The fraction of sp³-hybridized carbons (Fsp3) is 0.435. The second-order valence-electron chi connectivity index (χ2n) is 8.99. The van der Waals surface area contributed by atoms with Crippen molar-refractivity contribution < 1.29 is 14.3 Å². The molecule has 27 heavy (non-hydrogen) atoms. The van der Waals surface area contributed by atoms with E-state index in [1.54, 1.807) is 0 Å². The van der Waals surface area contributed by atoms with Crippen LogP contribution in [0.3, 0.4) is 0 Å². The second kappa shape index (κ2) is 7.01. The highest BCUT2D eigenvalue weighted by atomic mass is 16.6. The van der Waals surface area contributed by atoms with Crippen molar-refractivity contribution in [1.82, 2.24) is 0 Å². The maximum Gasteiger partial charge on any atom is 0.405 e. The summed E-state index contributed by atoms with van der Waals surface area (Å²) in [5, 5.41) is 0. The van der Waals surface area contributed by atoms with Gasteiger partial charge in [-0.3, -0.25) is 0 Å². The monoisotopic (exact) mass is 367 g/mol. The Balaban J connectivity index is 1.81. The van der Waals surface area contributed by atoms with Gasteiger partial charge in [0.05, 0.1) is 12.2 Å².